The SMILES string of the molecule is CCC[N+]1=C(/C=C/C2=C(Cl)C(=C/C=C3\N(C(C)C)c4ccccc4C3(C)C)/CCC2)C(C)(C)c2ccccc21.[I-]. The molecule has 0 N–H and O–H groups in total. The molecule has 0 saturated carbocycles. The van der Waals surface area contributed by atoms with Crippen molar-refractivity contribution in [2.75, 3.05) is 11.4 Å². The Hall–Kier alpha value is -2.11. The molecule has 2 heterocycles. The molecular formula is C36H44ClIN2. The number of halogens is 2. The van der Waals surface area contributed by atoms with Gasteiger partial charge in [0.1, 0.15) is 6.54 Å². The molecule has 2 aliphatic heterocycles. The van der Waals surface area contributed by atoms with E-state index in [0.717, 1.165) is 37.3 Å². The Balaban J connectivity index is 0.00000370. The zero-order chi connectivity index (χ0) is 27.9. The van der Waals surface area contributed by atoms with Crippen LogP contribution in [0.2, 0.25) is 0 Å². The second-order valence-electron chi connectivity index (χ2n) is 12.6. The van der Waals surface area contributed by atoms with Crippen molar-refractivity contribution in [3.63, 3.8) is 0 Å². The molecule has 0 amide bonds. The van der Waals surface area contributed by atoms with Crippen LogP contribution in [0.3, 0.4) is 0 Å². The highest BCUT2D eigenvalue weighted by Gasteiger charge is 2.44. The molecule has 0 atom stereocenters. The lowest BCUT2D eigenvalue weighted by molar-refractivity contribution is -0.437. The summed E-state index contributed by atoms with van der Waals surface area (Å²) < 4.78 is 2.50. The van der Waals surface area contributed by atoms with E-state index in [1.807, 2.05) is 0 Å². The Bertz CT molecular complexity index is 1430. The smallest absolute Gasteiger partial charge is 0.209 e. The summed E-state index contributed by atoms with van der Waals surface area (Å²) in [6.45, 7) is 17.2. The van der Waals surface area contributed by atoms with Gasteiger partial charge in [-0.05, 0) is 75.8 Å². The number of rotatable bonds is 6. The number of hydrogen-bond acceptors (Lipinski definition) is 1. The van der Waals surface area contributed by atoms with Crippen molar-refractivity contribution in [1.29, 1.82) is 0 Å². The molecule has 0 radical (unpaired) electrons. The van der Waals surface area contributed by atoms with Crippen LogP contribution in [0.4, 0.5) is 11.4 Å². The molecule has 2 nitrogen and oxygen atoms in total. The molecular weight excluding hydrogens is 623 g/mol. The van der Waals surface area contributed by atoms with E-state index >= 15 is 0 Å². The minimum absolute atomic E-state index is 0. The minimum Gasteiger partial charge on any atom is -1.00 e. The van der Waals surface area contributed by atoms with Gasteiger partial charge in [0.05, 0.1) is 5.41 Å². The summed E-state index contributed by atoms with van der Waals surface area (Å²) in [7, 11) is 0. The van der Waals surface area contributed by atoms with Gasteiger partial charge < -0.3 is 28.9 Å². The van der Waals surface area contributed by atoms with Crippen LogP contribution in [0.15, 0.2) is 94.7 Å². The molecule has 1 aliphatic carbocycles. The molecule has 40 heavy (non-hydrogen) atoms. The first-order valence-electron chi connectivity index (χ1n) is 14.7. The van der Waals surface area contributed by atoms with Crippen LogP contribution in [0.25, 0.3) is 0 Å². The molecule has 0 unspecified atom stereocenters. The summed E-state index contributed by atoms with van der Waals surface area (Å²) in [6.07, 6.45) is 13.5. The molecule has 0 bridgehead atoms. The van der Waals surface area contributed by atoms with Crippen LogP contribution in [0.1, 0.15) is 85.3 Å². The zero-order valence-corrected chi connectivity index (χ0v) is 28.1. The summed E-state index contributed by atoms with van der Waals surface area (Å²) in [5.74, 6) is 0. The van der Waals surface area contributed by atoms with Crippen LogP contribution < -0.4 is 28.9 Å². The van der Waals surface area contributed by atoms with E-state index in [1.54, 1.807) is 0 Å². The van der Waals surface area contributed by atoms with Gasteiger partial charge in [0.15, 0.2) is 5.71 Å². The van der Waals surface area contributed by atoms with Crippen molar-refractivity contribution in [3.8, 4) is 0 Å². The fraction of sp³-hybridized carbons (Fsp3) is 0.417. The molecule has 0 aromatic heterocycles. The highest BCUT2D eigenvalue weighted by Crippen LogP contribution is 2.49. The minimum atomic E-state index is -0.0477. The second kappa shape index (κ2) is 12.0. The van der Waals surface area contributed by atoms with Crippen molar-refractivity contribution in [2.24, 2.45) is 0 Å². The number of hydrogen-bond donors (Lipinski definition) is 0. The van der Waals surface area contributed by atoms with Gasteiger partial charge in [0.25, 0.3) is 0 Å². The molecule has 0 spiro atoms. The maximum Gasteiger partial charge on any atom is 0.209 e. The predicted molar refractivity (Wildman–Crippen MR) is 169 cm³/mol. The van der Waals surface area contributed by atoms with Gasteiger partial charge in [0, 0.05) is 52.0 Å². The van der Waals surface area contributed by atoms with E-state index in [-0.39, 0.29) is 34.8 Å². The Morgan fingerprint density at radius 1 is 0.900 bits per heavy atom. The van der Waals surface area contributed by atoms with Gasteiger partial charge in [-0.3, -0.25) is 0 Å². The van der Waals surface area contributed by atoms with Crippen molar-refractivity contribution >= 4 is 28.7 Å². The summed E-state index contributed by atoms with van der Waals surface area (Å²) in [5, 5.41) is 0.926. The van der Waals surface area contributed by atoms with Crippen LogP contribution in [0, 0.1) is 0 Å². The lowest BCUT2D eigenvalue weighted by Crippen LogP contribution is -3.00. The quantitative estimate of drug-likeness (QED) is 0.245. The van der Waals surface area contributed by atoms with E-state index in [4.69, 9.17) is 11.6 Å². The van der Waals surface area contributed by atoms with E-state index in [1.165, 1.54) is 45.1 Å². The van der Waals surface area contributed by atoms with Crippen molar-refractivity contribution in [1.82, 2.24) is 0 Å². The summed E-state index contributed by atoms with van der Waals surface area (Å²) in [4.78, 5) is 2.49. The second-order valence-corrected chi connectivity index (χ2v) is 12.9. The van der Waals surface area contributed by atoms with Gasteiger partial charge in [-0.25, -0.2) is 0 Å². The topological polar surface area (TPSA) is 6.25 Å². The van der Waals surface area contributed by atoms with Crippen LogP contribution in [-0.4, -0.2) is 22.9 Å². The first-order chi connectivity index (χ1) is 18.6. The Labute approximate surface area is 264 Å². The molecule has 0 fully saturated rings. The number of nitrogens with zero attached hydrogens (tertiary/aromatic N) is 2. The van der Waals surface area contributed by atoms with Crippen molar-refractivity contribution < 1.29 is 28.6 Å². The Kier molecular flexibility index (Phi) is 9.26. The highest BCUT2D eigenvalue weighted by molar-refractivity contribution is 6.32. The zero-order valence-electron chi connectivity index (χ0n) is 25.2. The van der Waals surface area contributed by atoms with Gasteiger partial charge in [-0.1, -0.05) is 80.9 Å². The van der Waals surface area contributed by atoms with Gasteiger partial charge in [-0.2, -0.15) is 4.58 Å². The summed E-state index contributed by atoms with van der Waals surface area (Å²) >= 11 is 7.13. The van der Waals surface area contributed by atoms with E-state index < -0.39 is 0 Å². The largest absolute Gasteiger partial charge is 1.00 e. The maximum absolute atomic E-state index is 7.13. The number of benzene rings is 2. The lowest BCUT2D eigenvalue weighted by Gasteiger charge is -2.30. The van der Waals surface area contributed by atoms with E-state index in [0.29, 0.717) is 6.04 Å². The number of anilines is 1. The molecule has 2 aromatic rings. The van der Waals surface area contributed by atoms with Crippen molar-refractivity contribution in [3.05, 3.63) is 106 Å². The molecule has 0 saturated heterocycles. The van der Waals surface area contributed by atoms with Gasteiger partial charge in [0.2, 0.25) is 5.69 Å². The monoisotopic (exact) mass is 666 g/mol. The molecule has 212 valence electrons. The van der Waals surface area contributed by atoms with Crippen LogP contribution in [-0.2, 0) is 10.8 Å². The predicted octanol–water partition coefficient (Wildman–Crippen LogP) is 6.73. The van der Waals surface area contributed by atoms with Crippen molar-refractivity contribution in [2.45, 2.75) is 91.0 Å². The standard InChI is InChI=1S/C36H44ClN2.HI/c1-8-24-38-30-18-11-9-16-28(30)35(4,5)32(38)22-20-26-14-13-15-27(34(26)37)21-23-33-36(6,7)29-17-10-12-19-31(29)39(33)25(2)3;/h9-12,16-23,25H,8,13-15,24H2,1-7H3;1H/q+1;/p-1. The fourth-order valence-electron chi connectivity index (χ4n) is 6.80. The average Bonchev–Trinajstić information content (AvgIpc) is 3.27. The average molecular weight is 667 g/mol. The third kappa shape index (κ3) is 5.29. The molecule has 3 aliphatic rings. The first-order valence-corrected chi connectivity index (χ1v) is 15.1. The number of fused-ring (bicyclic) bond motifs is 2. The lowest BCUT2D eigenvalue weighted by atomic mass is 9.81. The molecule has 4 heteroatoms. The summed E-state index contributed by atoms with van der Waals surface area (Å²) in [5.41, 5.74) is 10.6. The highest BCUT2D eigenvalue weighted by atomic mass is 127. The Morgan fingerprint density at radius 2 is 1.57 bits per heavy atom. The normalized spacial score (nSPS) is 21.6. The molecule has 2 aromatic carbocycles. The maximum atomic E-state index is 7.13. The number of para-hydroxylation sites is 2. The van der Waals surface area contributed by atoms with Gasteiger partial charge >= 0.3 is 0 Å². The van der Waals surface area contributed by atoms with E-state index in [9.17, 15) is 0 Å². The fourth-order valence-corrected chi connectivity index (χ4v) is 7.11. The van der Waals surface area contributed by atoms with Crippen LogP contribution >= 0.6 is 11.6 Å². The number of allylic oxidation sites excluding steroid dienone is 8. The Morgan fingerprint density at radius 3 is 2.27 bits per heavy atom. The van der Waals surface area contributed by atoms with E-state index in [2.05, 4.69) is 131 Å². The van der Waals surface area contributed by atoms with Crippen LogP contribution in [0.5, 0.6) is 0 Å². The first kappa shape index (κ1) is 30.8. The van der Waals surface area contributed by atoms with Gasteiger partial charge in [-0.15, -0.1) is 0 Å². The summed E-state index contributed by atoms with van der Waals surface area (Å²) in [6, 6.07) is 18.1. The molecule has 5 rings (SSSR count). The third-order valence-electron chi connectivity index (χ3n) is 8.84. The third-order valence-corrected chi connectivity index (χ3v) is 9.33.